The summed E-state index contributed by atoms with van der Waals surface area (Å²) in [6, 6.07) is 8.10. The summed E-state index contributed by atoms with van der Waals surface area (Å²) in [6.07, 6.45) is 5.17. The topological polar surface area (TPSA) is 129 Å². The summed E-state index contributed by atoms with van der Waals surface area (Å²) >= 11 is 0. The molecule has 0 fully saturated rings. The number of nitrogens with zero attached hydrogens (tertiary/aromatic N) is 1. The van der Waals surface area contributed by atoms with Crippen molar-refractivity contribution in [3.05, 3.63) is 35.5 Å². The van der Waals surface area contributed by atoms with Gasteiger partial charge in [0.05, 0.1) is 17.7 Å². The van der Waals surface area contributed by atoms with Crippen LogP contribution >= 0.6 is 0 Å². The number of unbranched alkanes of at least 4 members (excludes halogenated alkanes) is 1. The minimum absolute atomic E-state index is 0.00456. The van der Waals surface area contributed by atoms with Gasteiger partial charge >= 0.3 is 11.9 Å². The Morgan fingerprint density at radius 3 is 2.12 bits per heavy atom. The zero-order chi connectivity index (χ0) is 24.3. The molecular weight excluding hydrogens is 410 g/mol. The first-order valence-corrected chi connectivity index (χ1v) is 10.9. The Hall–Kier alpha value is -3.00. The molecule has 2 rings (SSSR count). The maximum absolute atomic E-state index is 12.6. The largest absolute Gasteiger partial charge is 0.473 e. The van der Waals surface area contributed by atoms with Crippen molar-refractivity contribution < 1.29 is 24.6 Å². The van der Waals surface area contributed by atoms with Gasteiger partial charge in [0.25, 0.3) is 0 Å². The molecule has 0 bridgehead atoms. The van der Waals surface area contributed by atoms with Crippen LogP contribution < -0.4 is 10.6 Å². The second kappa shape index (κ2) is 12.8. The number of anilines is 1. The van der Waals surface area contributed by atoms with Crippen LogP contribution in [0.5, 0.6) is 0 Å². The molecule has 0 saturated carbocycles. The minimum Gasteiger partial charge on any atom is -0.473 e. The van der Waals surface area contributed by atoms with E-state index in [9.17, 15) is 4.79 Å². The lowest BCUT2D eigenvalue weighted by atomic mass is 9.98. The number of aryl methyl sites for hydroxylation is 1. The Kier molecular flexibility index (Phi) is 10.8. The molecular formula is C24H35N3O5. The zero-order valence-corrected chi connectivity index (χ0v) is 19.6. The number of pyridine rings is 1. The van der Waals surface area contributed by atoms with E-state index >= 15 is 0 Å². The Morgan fingerprint density at radius 1 is 0.969 bits per heavy atom. The van der Waals surface area contributed by atoms with Crippen molar-refractivity contribution in [1.82, 2.24) is 10.3 Å². The molecule has 0 aliphatic heterocycles. The van der Waals surface area contributed by atoms with Gasteiger partial charge in [-0.05, 0) is 51.7 Å². The average molecular weight is 446 g/mol. The summed E-state index contributed by atoms with van der Waals surface area (Å²) in [7, 11) is 0. The summed E-state index contributed by atoms with van der Waals surface area (Å²) in [5.41, 5.74) is 4.15. The zero-order valence-electron chi connectivity index (χ0n) is 19.6. The normalized spacial score (nSPS) is 10.9. The van der Waals surface area contributed by atoms with Gasteiger partial charge < -0.3 is 20.8 Å². The van der Waals surface area contributed by atoms with Crippen LogP contribution in [0.4, 0.5) is 5.69 Å². The number of nitrogens with one attached hydrogen (secondary N) is 2. The predicted molar refractivity (Wildman–Crippen MR) is 126 cm³/mol. The van der Waals surface area contributed by atoms with E-state index in [4.69, 9.17) is 24.8 Å². The van der Waals surface area contributed by atoms with Gasteiger partial charge in [-0.25, -0.2) is 9.59 Å². The van der Waals surface area contributed by atoms with Crippen LogP contribution in [-0.2, 0) is 27.2 Å². The van der Waals surface area contributed by atoms with Gasteiger partial charge in [-0.2, -0.15) is 0 Å². The molecule has 2 aromatic rings. The number of hydrogen-bond acceptors (Lipinski definition) is 5. The number of aliphatic carboxylic acids is 2. The Bertz CT molecular complexity index is 923. The van der Waals surface area contributed by atoms with Crippen LogP contribution in [0.25, 0.3) is 10.9 Å². The van der Waals surface area contributed by atoms with Crippen molar-refractivity contribution in [1.29, 1.82) is 0 Å². The van der Waals surface area contributed by atoms with Gasteiger partial charge in [0.1, 0.15) is 0 Å². The highest BCUT2D eigenvalue weighted by atomic mass is 16.4. The lowest BCUT2D eigenvalue weighted by Crippen LogP contribution is -2.41. The molecule has 0 radical (unpaired) electrons. The number of carbonyl (C=O) groups excluding carboxylic acids is 1. The minimum atomic E-state index is -1.82. The van der Waals surface area contributed by atoms with Crippen molar-refractivity contribution in [2.45, 2.75) is 72.3 Å². The van der Waals surface area contributed by atoms with E-state index in [-0.39, 0.29) is 11.4 Å². The highest BCUT2D eigenvalue weighted by Gasteiger charge is 2.17. The number of fused-ring (bicyclic) bond motifs is 1. The van der Waals surface area contributed by atoms with Crippen LogP contribution in [0.1, 0.15) is 65.1 Å². The highest BCUT2D eigenvalue weighted by molar-refractivity contribution is 6.27. The molecule has 1 heterocycles. The average Bonchev–Trinajstić information content (AvgIpc) is 2.72. The summed E-state index contributed by atoms with van der Waals surface area (Å²) in [5.74, 6) is -3.65. The van der Waals surface area contributed by atoms with Crippen molar-refractivity contribution in [3.8, 4) is 0 Å². The van der Waals surface area contributed by atoms with Gasteiger partial charge in [0.2, 0.25) is 5.91 Å². The van der Waals surface area contributed by atoms with Crippen LogP contribution in [0.3, 0.4) is 0 Å². The van der Waals surface area contributed by atoms with Gasteiger partial charge in [-0.15, -0.1) is 0 Å². The number of rotatable bonds is 8. The number of amides is 1. The molecule has 1 aromatic carbocycles. The number of benzene rings is 1. The van der Waals surface area contributed by atoms with Gasteiger partial charge in [0, 0.05) is 16.6 Å². The lowest BCUT2D eigenvalue weighted by Gasteiger charge is -2.21. The van der Waals surface area contributed by atoms with Crippen molar-refractivity contribution in [2.24, 2.45) is 0 Å². The fourth-order valence-electron chi connectivity index (χ4n) is 3.04. The summed E-state index contributed by atoms with van der Waals surface area (Å²) in [4.78, 5) is 35.7. The van der Waals surface area contributed by atoms with E-state index in [1.54, 1.807) is 0 Å². The molecule has 0 saturated heterocycles. The summed E-state index contributed by atoms with van der Waals surface area (Å²) in [5, 5.41) is 22.3. The molecule has 32 heavy (non-hydrogen) atoms. The van der Waals surface area contributed by atoms with E-state index in [2.05, 4.69) is 51.3 Å². The first kappa shape index (κ1) is 27.0. The Labute approximate surface area is 189 Å². The number of aromatic nitrogens is 1. The Balaban J connectivity index is 0.000000751. The summed E-state index contributed by atoms with van der Waals surface area (Å²) in [6.45, 7) is 10.9. The predicted octanol–water partition coefficient (Wildman–Crippen LogP) is 4.01. The fraction of sp³-hybridized carbons (Fsp3) is 0.500. The van der Waals surface area contributed by atoms with Crippen molar-refractivity contribution in [2.75, 3.05) is 11.9 Å². The quantitative estimate of drug-likeness (QED) is 0.452. The molecule has 176 valence electrons. The third-order valence-electron chi connectivity index (χ3n) is 4.57. The molecule has 0 spiro atoms. The highest BCUT2D eigenvalue weighted by Crippen LogP contribution is 2.30. The van der Waals surface area contributed by atoms with Crippen molar-refractivity contribution in [3.63, 3.8) is 0 Å². The van der Waals surface area contributed by atoms with Crippen LogP contribution in [0.15, 0.2) is 24.3 Å². The van der Waals surface area contributed by atoms with Gasteiger partial charge in [-0.3, -0.25) is 9.78 Å². The fourth-order valence-corrected chi connectivity index (χ4v) is 3.04. The second-order valence-corrected chi connectivity index (χ2v) is 8.54. The molecule has 0 aliphatic carbocycles. The van der Waals surface area contributed by atoms with E-state index in [0.717, 1.165) is 54.4 Å². The Morgan fingerprint density at radius 2 is 1.59 bits per heavy atom. The van der Waals surface area contributed by atoms with E-state index in [1.807, 2.05) is 18.2 Å². The standard InChI is InChI=1S/C22H33N3O.C2H2O4/c1-6-8-13-18-16(11-7-2)21(17-12-9-10-14-19(17)24-18)25-20(26)15-23-22(3,4)5;3-1(4)2(5)6/h9-10,12,14,23H,6-8,11,13,15H2,1-5H3,(H,24,25,26);(H,3,4)(H,5,6). The van der Waals surface area contributed by atoms with Gasteiger partial charge in [0.15, 0.2) is 0 Å². The number of carboxylic acids is 2. The third-order valence-corrected chi connectivity index (χ3v) is 4.57. The van der Waals surface area contributed by atoms with Crippen LogP contribution in [-0.4, -0.2) is 45.1 Å². The van der Waals surface area contributed by atoms with Crippen LogP contribution in [0.2, 0.25) is 0 Å². The molecule has 1 amide bonds. The molecule has 0 aliphatic rings. The molecule has 0 atom stereocenters. The monoisotopic (exact) mass is 445 g/mol. The van der Waals surface area contributed by atoms with E-state index < -0.39 is 11.9 Å². The number of hydrogen-bond donors (Lipinski definition) is 4. The van der Waals surface area contributed by atoms with Crippen LogP contribution in [0, 0.1) is 0 Å². The SMILES string of the molecule is CCCCc1nc2ccccc2c(NC(=O)CNC(C)(C)C)c1CCC.O=C(O)C(=O)O. The number of carboxylic acid groups (broad SMARTS) is 2. The first-order chi connectivity index (χ1) is 15.0. The van der Waals surface area contributed by atoms with Gasteiger partial charge in [-0.1, -0.05) is 44.9 Å². The molecule has 8 heteroatoms. The molecule has 4 N–H and O–H groups in total. The molecule has 1 aromatic heterocycles. The number of para-hydroxylation sites is 1. The summed E-state index contributed by atoms with van der Waals surface area (Å²) < 4.78 is 0. The smallest absolute Gasteiger partial charge is 0.414 e. The first-order valence-electron chi connectivity index (χ1n) is 10.9. The van der Waals surface area contributed by atoms with E-state index in [0.29, 0.717) is 6.54 Å². The molecule has 8 nitrogen and oxygen atoms in total. The maximum atomic E-state index is 12.6. The molecule has 0 unspecified atom stereocenters. The lowest BCUT2D eigenvalue weighted by molar-refractivity contribution is -0.159. The second-order valence-electron chi connectivity index (χ2n) is 8.54. The maximum Gasteiger partial charge on any atom is 0.414 e. The third kappa shape index (κ3) is 9.01. The number of carbonyl (C=O) groups is 3. The van der Waals surface area contributed by atoms with E-state index in [1.165, 1.54) is 5.56 Å². The van der Waals surface area contributed by atoms with Crippen molar-refractivity contribution >= 4 is 34.4 Å².